The van der Waals surface area contributed by atoms with Crippen LogP contribution in [0.15, 0.2) is 48.7 Å². The molecule has 0 saturated heterocycles. The quantitative estimate of drug-likeness (QED) is 0.317. The molecule has 0 aliphatic carbocycles. The van der Waals surface area contributed by atoms with Gasteiger partial charge >= 0.3 is 0 Å². The summed E-state index contributed by atoms with van der Waals surface area (Å²) in [5.41, 5.74) is -0.426. The number of hydrogen-bond acceptors (Lipinski definition) is 6. The maximum absolute atomic E-state index is 15.4. The second-order valence-electron chi connectivity index (χ2n) is 9.61. The van der Waals surface area contributed by atoms with Crippen LogP contribution in [0.5, 0.6) is 11.6 Å². The molecule has 9 nitrogen and oxygen atoms in total. The van der Waals surface area contributed by atoms with Crippen molar-refractivity contribution < 1.29 is 23.5 Å². The number of hydrogen-bond donors (Lipinski definition) is 1. The topological polar surface area (TPSA) is 98.6 Å². The highest BCUT2D eigenvalue weighted by atomic mass is 35.5. The van der Waals surface area contributed by atoms with Crippen molar-refractivity contribution in [1.29, 1.82) is 0 Å². The number of pyridine rings is 1. The minimum absolute atomic E-state index is 0.0149. The van der Waals surface area contributed by atoms with Gasteiger partial charge in [0.05, 0.1) is 31.2 Å². The van der Waals surface area contributed by atoms with Crippen LogP contribution in [0.3, 0.4) is 0 Å². The molecular formula is C28H22Cl2FN5O4. The number of carbonyl (C=O) groups is 2. The number of nitrogens with zero attached hydrogens (tertiary/aromatic N) is 4. The molecule has 1 spiro atoms. The Balaban J connectivity index is 1.73. The van der Waals surface area contributed by atoms with Crippen LogP contribution >= 0.6 is 23.2 Å². The van der Waals surface area contributed by atoms with E-state index in [0.29, 0.717) is 39.3 Å². The number of methoxy groups -OCH3 is 2. The maximum atomic E-state index is 15.4. The van der Waals surface area contributed by atoms with Gasteiger partial charge in [0.2, 0.25) is 5.88 Å². The number of rotatable bonds is 5. The van der Waals surface area contributed by atoms with Crippen LogP contribution in [-0.4, -0.2) is 40.6 Å². The molecule has 12 heteroatoms. The van der Waals surface area contributed by atoms with E-state index in [1.165, 1.54) is 32.5 Å². The molecule has 0 radical (unpaired) electrons. The average Bonchev–Trinajstić information content (AvgIpc) is 3.53. The Morgan fingerprint density at radius 3 is 2.45 bits per heavy atom. The summed E-state index contributed by atoms with van der Waals surface area (Å²) in [5, 5.41) is 3.43. The van der Waals surface area contributed by atoms with Crippen LogP contribution in [0.2, 0.25) is 10.0 Å². The summed E-state index contributed by atoms with van der Waals surface area (Å²) in [4.78, 5) is 38.7. The first-order chi connectivity index (χ1) is 19.1. The Bertz CT molecular complexity index is 1740. The van der Waals surface area contributed by atoms with E-state index < -0.39 is 23.2 Å². The van der Waals surface area contributed by atoms with Gasteiger partial charge in [0.25, 0.3) is 11.8 Å². The molecule has 1 N–H and O–H groups in total. The van der Waals surface area contributed by atoms with Crippen LogP contribution in [0.25, 0.3) is 11.4 Å². The highest BCUT2D eigenvalue weighted by Crippen LogP contribution is 2.55. The molecule has 4 aromatic rings. The lowest BCUT2D eigenvalue weighted by Gasteiger charge is -2.36. The summed E-state index contributed by atoms with van der Waals surface area (Å²) in [6.07, 6.45) is 1.53. The molecule has 0 bridgehead atoms. The minimum atomic E-state index is -1.82. The van der Waals surface area contributed by atoms with Crippen molar-refractivity contribution >= 4 is 46.4 Å². The van der Waals surface area contributed by atoms with Crippen molar-refractivity contribution in [3.8, 4) is 23.0 Å². The van der Waals surface area contributed by atoms with E-state index in [-0.39, 0.29) is 28.1 Å². The summed E-state index contributed by atoms with van der Waals surface area (Å²) < 4.78 is 28.1. The monoisotopic (exact) mass is 581 g/mol. The van der Waals surface area contributed by atoms with Crippen molar-refractivity contribution in [3.05, 3.63) is 81.5 Å². The third-order valence-corrected chi connectivity index (χ3v) is 7.59. The second-order valence-corrected chi connectivity index (χ2v) is 10.5. The molecular weight excluding hydrogens is 560 g/mol. The third kappa shape index (κ3) is 3.45. The Kier molecular flexibility index (Phi) is 6.01. The summed E-state index contributed by atoms with van der Waals surface area (Å²) in [5.74, 6) is -0.887. The molecule has 1 unspecified atom stereocenters. The number of carbonyl (C=O) groups excluding carboxylic acids is 2. The zero-order valence-electron chi connectivity index (χ0n) is 21.8. The molecule has 4 heterocycles. The van der Waals surface area contributed by atoms with Gasteiger partial charge in [-0.1, -0.05) is 29.3 Å². The zero-order chi connectivity index (χ0) is 28.5. The van der Waals surface area contributed by atoms with Gasteiger partial charge in [-0.3, -0.25) is 14.5 Å². The second kappa shape index (κ2) is 9.21. The predicted molar refractivity (Wildman–Crippen MR) is 148 cm³/mol. The van der Waals surface area contributed by atoms with E-state index in [0.717, 1.165) is 11.0 Å². The van der Waals surface area contributed by atoms with Gasteiger partial charge in [-0.05, 0) is 44.2 Å². The van der Waals surface area contributed by atoms with Gasteiger partial charge in [0.1, 0.15) is 17.4 Å². The number of anilines is 2. The van der Waals surface area contributed by atoms with Crippen LogP contribution < -0.4 is 19.7 Å². The maximum Gasteiger partial charge on any atom is 0.280 e. The fraction of sp³-hybridized carbons (Fsp3) is 0.214. The average molecular weight is 582 g/mol. The Hall–Kier alpha value is -4.15. The number of amides is 2. The molecule has 2 amide bonds. The third-order valence-electron chi connectivity index (χ3n) is 7.12. The number of benzene rings is 2. The van der Waals surface area contributed by atoms with Crippen molar-refractivity contribution in [2.24, 2.45) is 0 Å². The molecule has 1 atom stereocenters. The van der Waals surface area contributed by atoms with Crippen molar-refractivity contribution in [3.63, 3.8) is 0 Å². The fourth-order valence-electron chi connectivity index (χ4n) is 5.53. The molecule has 6 rings (SSSR count). The van der Waals surface area contributed by atoms with E-state index in [9.17, 15) is 9.59 Å². The molecule has 2 aromatic carbocycles. The molecule has 204 valence electrons. The van der Waals surface area contributed by atoms with E-state index in [1.54, 1.807) is 28.8 Å². The number of halogens is 3. The van der Waals surface area contributed by atoms with Gasteiger partial charge in [-0.25, -0.2) is 14.4 Å². The number of nitrogens with one attached hydrogen (secondary N) is 1. The number of ether oxygens (including phenoxy) is 2. The van der Waals surface area contributed by atoms with E-state index >= 15 is 4.39 Å². The number of fused-ring (bicyclic) bond motifs is 4. The summed E-state index contributed by atoms with van der Waals surface area (Å²) in [7, 11) is 2.98. The van der Waals surface area contributed by atoms with Crippen molar-refractivity contribution in [2.75, 3.05) is 24.4 Å². The Morgan fingerprint density at radius 1 is 1.02 bits per heavy atom. The minimum Gasteiger partial charge on any atom is -0.496 e. The van der Waals surface area contributed by atoms with Crippen LogP contribution in [0.1, 0.15) is 41.6 Å². The van der Waals surface area contributed by atoms with Crippen LogP contribution in [0, 0.1) is 5.82 Å². The highest BCUT2D eigenvalue weighted by molar-refractivity contribution is 6.32. The largest absolute Gasteiger partial charge is 0.496 e. The summed E-state index contributed by atoms with van der Waals surface area (Å²) in [6, 6.07) is 10.00. The highest BCUT2D eigenvalue weighted by Gasteiger charge is 2.64. The van der Waals surface area contributed by atoms with Gasteiger partial charge in [-0.2, -0.15) is 0 Å². The van der Waals surface area contributed by atoms with E-state index in [2.05, 4.69) is 10.3 Å². The van der Waals surface area contributed by atoms with Gasteiger partial charge in [0.15, 0.2) is 11.2 Å². The zero-order valence-corrected chi connectivity index (χ0v) is 23.3. The molecule has 2 aliphatic heterocycles. The normalized spacial score (nSPS) is 17.4. The lowest BCUT2D eigenvalue weighted by molar-refractivity contribution is -0.119. The summed E-state index contributed by atoms with van der Waals surface area (Å²) in [6.45, 7) is 3.79. The standard InChI is InChI=1S/C28H22Cl2FN5O4/c1-13(2)35-24-23(34-25(35)16-12-32-22(40-4)11-21(16)39-3)26(37)36(20-10-15(30)6-8-18(20)31)28(24)17-7-5-14(29)9-19(17)33-27(28)38/h5-13H,1-4H3,(H,33,38). The van der Waals surface area contributed by atoms with E-state index in [1.807, 2.05) is 13.8 Å². The lowest BCUT2D eigenvalue weighted by Crippen LogP contribution is -2.51. The first-order valence-electron chi connectivity index (χ1n) is 12.3. The molecule has 0 fully saturated rings. The van der Waals surface area contributed by atoms with Crippen LogP contribution in [-0.2, 0) is 10.3 Å². The smallest absolute Gasteiger partial charge is 0.280 e. The molecule has 40 heavy (non-hydrogen) atoms. The van der Waals surface area contributed by atoms with Crippen molar-refractivity contribution in [2.45, 2.75) is 25.4 Å². The first kappa shape index (κ1) is 26.1. The number of imidazole rings is 1. The van der Waals surface area contributed by atoms with E-state index in [4.69, 9.17) is 37.7 Å². The lowest BCUT2D eigenvalue weighted by atomic mass is 9.87. The Labute approximate surface area is 238 Å². The Morgan fingerprint density at radius 2 is 1.75 bits per heavy atom. The molecule has 2 aliphatic rings. The SMILES string of the molecule is COc1cc(OC)c(-c2nc3c(n2C(C)C)C2(C(=O)Nc4cc(Cl)ccc42)N(c2cc(Cl)ccc2F)C3=O)cn1. The molecule has 2 aromatic heterocycles. The van der Waals surface area contributed by atoms with Crippen molar-refractivity contribution in [1.82, 2.24) is 14.5 Å². The fourth-order valence-corrected chi connectivity index (χ4v) is 5.87. The van der Waals surface area contributed by atoms with Gasteiger partial charge in [-0.15, -0.1) is 0 Å². The number of aromatic nitrogens is 3. The van der Waals surface area contributed by atoms with Gasteiger partial charge < -0.3 is 19.4 Å². The van der Waals surface area contributed by atoms with Gasteiger partial charge in [0, 0.05) is 39.6 Å². The first-order valence-corrected chi connectivity index (χ1v) is 13.0. The molecule has 0 saturated carbocycles. The predicted octanol–water partition coefficient (Wildman–Crippen LogP) is 5.85. The summed E-state index contributed by atoms with van der Waals surface area (Å²) >= 11 is 12.5. The van der Waals surface area contributed by atoms with Crippen LogP contribution in [0.4, 0.5) is 15.8 Å².